The lowest BCUT2D eigenvalue weighted by atomic mass is 9.81. The van der Waals surface area contributed by atoms with E-state index in [0.29, 0.717) is 22.3 Å². The van der Waals surface area contributed by atoms with Crippen LogP contribution in [0.4, 0.5) is 0 Å². The number of benzene rings is 1. The Labute approximate surface area is 147 Å². The lowest BCUT2D eigenvalue weighted by molar-refractivity contribution is -0.123. The Bertz CT molecular complexity index is 506. The molecule has 22 heavy (non-hydrogen) atoms. The third-order valence-corrected chi connectivity index (χ3v) is 4.52. The highest BCUT2D eigenvalue weighted by molar-refractivity contribution is 6.42. The fourth-order valence-corrected chi connectivity index (χ4v) is 2.57. The van der Waals surface area contributed by atoms with Gasteiger partial charge in [-0.2, -0.15) is 0 Å². The number of rotatable bonds is 5. The zero-order chi connectivity index (χ0) is 15.3. The average molecular weight is 368 g/mol. The van der Waals surface area contributed by atoms with E-state index in [-0.39, 0.29) is 30.3 Å². The van der Waals surface area contributed by atoms with Crippen LogP contribution in [0.1, 0.15) is 19.8 Å². The van der Waals surface area contributed by atoms with Gasteiger partial charge in [0, 0.05) is 12.6 Å². The second-order valence-electron chi connectivity index (χ2n) is 5.70. The highest BCUT2D eigenvalue weighted by atomic mass is 35.5. The highest BCUT2D eigenvalue weighted by Gasteiger charge is 2.26. The molecule has 0 unspecified atom stereocenters. The summed E-state index contributed by atoms with van der Waals surface area (Å²) in [6.07, 6.45) is 2.14. The van der Waals surface area contributed by atoms with Gasteiger partial charge < -0.3 is 15.4 Å². The quantitative estimate of drug-likeness (QED) is 0.839. The largest absolute Gasteiger partial charge is 0.484 e. The second kappa shape index (κ2) is 8.82. The van der Waals surface area contributed by atoms with Crippen molar-refractivity contribution in [1.82, 2.24) is 10.6 Å². The molecule has 1 fully saturated rings. The van der Waals surface area contributed by atoms with Gasteiger partial charge in [-0.15, -0.1) is 12.4 Å². The Morgan fingerprint density at radius 3 is 2.64 bits per heavy atom. The van der Waals surface area contributed by atoms with E-state index in [9.17, 15) is 4.79 Å². The molecular weight excluding hydrogens is 347 g/mol. The molecule has 2 rings (SSSR count). The van der Waals surface area contributed by atoms with Gasteiger partial charge in [-0.1, -0.05) is 30.1 Å². The van der Waals surface area contributed by atoms with Crippen molar-refractivity contribution in [2.24, 2.45) is 5.41 Å². The molecule has 0 saturated carbocycles. The molecule has 1 amide bonds. The van der Waals surface area contributed by atoms with E-state index in [1.807, 2.05) is 0 Å². The monoisotopic (exact) mass is 366 g/mol. The number of piperidine rings is 1. The van der Waals surface area contributed by atoms with Crippen LogP contribution in [0.25, 0.3) is 0 Å². The molecule has 0 aromatic heterocycles. The smallest absolute Gasteiger partial charge is 0.257 e. The molecule has 0 aliphatic carbocycles. The van der Waals surface area contributed by atoms with Crippen LogP contribution < -0.4 is 15.4 Å². The van der Waals surface area contributed by atoms with Crippen LogP contribution in [0.5, 0.6) is 5.75 Å². The van der Waals surface area contributed by atoms with Crippen molar-refractivity contribution in [1.29, 1.82) is 0 Å². The van der Waals surface area contributed by atoms with Gasteiger partial charge in [0.05, 0.1) is 10.0 Å². The minimum atomic E-state index is -0.124. The van der Waals surface area contributed by atoms with Crippen LogP contribution in [0, 0.1) is 5.41 Å². The lowest BCUT2D eigenvalue weighted by Gasteiger charge is -2.34. The van der Waals surface area contributed by atoms with E-state index in [0.717, 1.165) is 25.9 Å². The number of ether oxygens (including phenoxy) is 1. The van der Waals surface area contributed by atoms with E-state index in [1.54, 1.807) is 18.2 Å². The maximum atomic E-state index is 11.8. The van der Waals surface area contributed by atoms with Crippen molar-refractivity contribution in [2.45, 2.75) is 19.8 Å². The van der Waals surface area contributed by atoms with Crippen LogP contribution in [0.3, 0.4) is 0 Å². The number of carbonyl (C=O) groups excluding carboxylic acids is 1. The second-order valence-corrected chi connectivity index (χ2v) is 6.52. The van der Waals surface area contributed by atoms with Crippen LogP contribution in [-0.4, -0.2) is 32.1 Å². The number of hydrogen-bond acceptors (Lipinski definition) is 3. The SMILES string of the molecule is CC1(CNC(=O)COc2ccc(Cl)c(Cl)c2)CCNCC1.Cl. The zero-order valence-corrected chi connectivity index (χ0v) is 14.8. The fraction of sp³-hybridized carbons (Fsp3) is 0.533. The molecule has 1 aliphatic rings. The molecule has 1 saturated heterocycles. The number of halogens is 3. The first-order valence-electron chi connectivity index (χ1n) is 7.04. The third-order valence-electron chi connectivity index (χ3n) is 3.78. The molecule has 2 N–H and O–H groups in total. The van der Waals surface area contributed by atoms with Crippen LogP contribution in [0.15, 0.2) is 18.2 Å². The van der Waals surface area contributed by atoms with Gasteiger partial charge in [-0.05, 0) is 43.5 Å². The molecule has 0 atom stereocenters. The van der Waals surface area contributed by atoms with Crippen molar-refractivity contribution < 1.29 is 9.53 Å². The normalized spacial score (nSPS) is 16.5. The fourth-order valence-electron chi connectivity index (χ4n) is 2.29. The van der Waals surface area contributed by atoms with Crippen LogP contribution >= 0.6 is 35.6 Å². The van der Waals surface area contributed by atoms with Gasteiger partial charge in [0.2, 0.25) is 0 Å². The summed E-state index contributed by atoms with van der Waals surface area (Å²) in [5, 5.41) is 7.14. The average Bonchev–Trinajstić information content (AvgIpc) is 2.47. The van der Waals surface area contributed by atoms with Crippen LogP contribution in [0.2, 0.25) is 10.0 Å². The van der Waals surface area contributed by atoms with Crippen molar-refractivity contribution in [3.63, 3.8) is 0 Å². The summed E-state index contributed by atoms with van der Waals surface area (Å²) in [6.45, 7) is 4.87. The minimum absolute atomic E-state index is 0. The molecule has 0 radical (unpaired) electrons. The van der Waals surface area contributed by atoms with Crippen molar-refractivity contribution in [3.05, 3.63) is 28.2 Å². The van der Waals surface area contributed by atoms with E-state index >= 15 is 0 Å². The van der Waals surface area contributed by atoms with Crippen molar-refractivity contribution in [2.75, 3.05) is 26.2 Å². The first-order valence-corrected chi connectivity index (χ1v) is 7.79. The summed E-state index contributed by atoms with van der Waals surface area (Å²) >= 11 is 11.7. The molecule has 124 valence electrons. The number of amides is 1. The molecule has 1 aliphatic heterocycles. The number of hydrogen-bond donors (Lipinski definition) is 2. The molecule has 4 nitrogen and oxygen atoms in total. The maximum Gasteiger partial charge on any atom is 0.257 e. The lowest BCUT2D eigenvalue weighted by Crippen LogP contribution is -2.43. The summed E-state index contributed by atoms with van der Waals surface area (Å²) in [5.41, 5.74) is 0.171. The molecule has 0 bridgehead atoms. The molecular formula is C15H21Cl3N2O2. The minimum Gasteiger partial charge on any atom is -0.484 e. The summed E-state index contributed by atoms with van der Waals surface area (Å²) < 4.78 is 5.41. The van der Waals surface area contributed by atoms with E-state index < -0.39 is 0 Å². The van der Waals surface area contributed by atoms with Gasteiger partial charge in [0.25, 0.3) is 5.91 Å². The van der Waals surface area contributed by atoms with E-state index in [1.165, 1.54) is 0 Å². The third kappa shape index (κ3) is 5.84. The first-order chi connectivity index (χ1) is 9.98. The number of nitrogens with one attached hydrogen (secondary N) is 2. The van der Waals surface area contributed by atoms with Gasteiger partial charge >= 0.3 is 0 Å². The highest BCUT2D eigenvalue weighted by Crippen LogP contribution is 2.27. The Hall–Kier alpha value is -0.680. The molecule has 1 aromatic rings. The summed E-state index contributed by atoms with van der Waals surface area (Å²) in [6, 6.07) is 4.94. The van der Waals surface area contributed by atoms with Gasteiger partial charge in [-0.25, -0.2) is 0 Å². The predicted octanol–water partition coefficient (Wildman–Crippen LogP) is 3.30. The van der Waals surface area contributed by atoms with E-state index in [4.69, 9.17) is 27.9 Å². The number of carbonyl (C=O) groups is 1. The summed E-state index contributed by atoms with van der Waals surface area (Å²) in [4.78, 5) is 11.8. The predicted molar refractivity (Wildman–Crippen MR) is 92.4 cm³/mol. The Morgan fingerprint density at radius 1 is 1.32 bits per heavy atom. The van der Waals surface area contributed by atoms with Crippen molar-refractivity contribution >= 4 is 41.5 Å². The van der Waals surface area contributed by atoms with Gasteiger partial charge in [0.1, 0.15) is 5.75 Å². The topological polar surface area (TPSA) is 50.4 Å². The first kappa shape index (κ1) is 19.4. The standard InChI is InChI=1S/C15H20Cl2N2O2.ClH/c1-15(4-6-18-7-5-15)10-19-14(20)9-21-11-2-3-12(16)13(17)8-11;/h2-3,8,18H,4-7,9-10H2,1H3,(H,19,20);1H. The van der Waals surface area contributed by atoms with E-state index in [2.05, 4.69) is 17.6 Å². The maximum absolute atomic E-state index is 11.8. The summed E-state index contributed by atoms with van der Waals surface area (Å²) in [7, 11) is 0. The Kier molecular flexibility index (Phi) is 7.77. The van der Waals surface area contributed by atoms with Crippen molar-refractivity contribution in [3.8, 4) is 5.75 Å². The zero-order valence-electron chi connectivity index (χ0n) is 12.5. The summed E-state index contributed by atoms with van der Waals surface area (Å²) in [5.74, 6) is 0.411. The Morgan fingerprint density at radius 2 is 2.00 bits per heavy atom. The van der Waals surface area contributed by atoms with Gasteiger partial charge in [0.15, 0.2) is 6.61 Å². The Balaban J connectivity index is 0.00000242. The molecule has 1 aromatic carbocycles. The van der Waals surface area contributed by atoms with Crippen LogP contribution in [-0.2, 0) is 4.79 Å². The van der Waals surface area contributed by atoms with Gasteiger partial charge in [-0.3, -0.25) is 4.79 Å². The molecule has 1 heterocycles. The molecule has 0 spiro atoms. The molecule has 7 heteroatoms.